The van der Waals surface area contributed by atoms with Gasteiger partial charge in [-0.1, -0.05) is 20.8 Å². The lowest BCUT2D eigenvalue weighted by Crippen LogP contribution is -2.42. The Kier molecular flexibility index (Phi) is 14.2. The van der Waals surface area contributed by atoms with Crippen LogP contribution in [-0.4, -0.2) is 61.6 Å². The maximum absolute atomic E-state index is 11.8. The second kappa shape index (κ2) is 15.0. The summed E-state index contributed by atoms with van der Waals surface area (Å²) in [6, 6.07) is 0.593. The Bertz CT molecular complexity index is 369. The van der Waals surface area contributed by atoms with E-state index >= 15 is 0 Å². The van der Waals surface area contributed by atoms with Crippen LogP contribution in [0.2, 0.25) is 0 Å². The van der Waals surface area contributed by atoms with Gasteiger partial charge in [-0.05, 0) is 59.7 Å². The average molecular weight is 356 g/mol. The van der Waals surface area contributed by atoms with Crippen molar-refractivity contribution in [1.82, 2.24) is 20.9 Å². The third kappa shape index (κ3) is 12.7. The number of hydrogen-bond donors (Lipinski definition) is 3. The zero-order valence-corrected chi connectivity index (χ0v) is 17.3. The quantitative estimate of drug-likeness (QED) is 0.350. The van der Waals surface area contributed by atoms with E-state index in [1.165, 1.54) is 6.42 Å². The van der Waals surface area contributed by atoms with Crippen molar-refractivity contribution in [3.05, 3.63) is 0 Å². The fraction of sp³-hybridized carbons (Fsp3) is 0.895. The third-order valence-electron chi connectivity index (χ3n) is 4.36. The van der Waals surface area contributed by atoms with Crippen molar-refractivity contribution < 1.29 is 4.79 Å². The molecule has 0 spiro atoms. The van der Waals surface area contributed by atoms with Crippen LogP contribution in [0.1, 0.15) is 67.2 Å². The van der Waals surface area contributed by atoms with Gasteiger partial charge in [0.05, 0.1) is 6.54 Å². The highest BCUT2D eigenvalue weighted by Crippen LogP contribution is 2.00. The first-order valence-corrected chi connectivity index (χ1v) is 10.0. The first kappa shape index (κ1) is 23.7. The number of guanidine groups is 1. The minimum atomic E-state index is 0.0706. The molecule has 2 unspecified atom stereocenters. The van der Waals surface area contributed by atoms with Crippen molar-refractivity contribution in [2.75, 3.05) is 32.7 Å². The normalized spacial score (nSPS) is 14.3. The van der Waals surface area contributed by atoms with Crippen LogP contribution in [0.5, 0.6) is 0 Å². The number of rotatable bonds is 13. The largest absolute Gasteiger partial charge is 0.357 e. The van der Waals surface area contributed by atoms with Crippen LogP contribution >= 0.6 is 0 Å². The van der Waals surface area contributed by atoms with Gasteiger partial charge in [-0.25, -0.2) is 0 Å². The monoisotopic (exact) mass is 355 g/mol. The standard InChI is InChI=1S/C19H41N5O/c1-7-16(5)22-18(25)13-14-21-19(20-8-2)23-17(6)12-11-15-24(9-3)10-4/h16-17H,7-15H2,1-6H3,(H,22,25)(H2,20,21,23). The third-order valence-corrected chi connectivity index (χ3v) is 4.36. The maximum Gasteiger partial charge on any atom is 0.222 e. The summed E-state index contributed by atoms with van der Waals surface area (Å²) < 4.78 is 0. The van der Waals surface area contributed by atoms with Crippen LogP contribution in [0.15, 0.2) is 4.99 Å². The van der Waals surface area contributed by atoms with Gasteiger partial charge in [-0.15, -0.1) is 0 Å². The van der Waals surface area contributed by atoms with E-state index < -0.39 is 0 Å². The molecule has 3 N–H and O–H groups in total. The van der Waals surface area contributed by atoms with E-state index in [9.17, 15) is 4.79 Å². The van der Waals surface area contributed by atoms with Gasteiger partial charge < -0.3 is 20.9 Å². The maximum atomic E-state index is 11.8. The molecule has 0 aromatic heterocycles. The molecular weight excluding hydrogens is 314 g/mol. The van der Waals surface area contributed by atoms with Gasteiger partial charge in [0.2, 0.25) is 5.91 Å². The van der Waals surface area contributed by atoms with Gasteiger partial charge in [0.15, 0.2) is 5.96 Å². The lowest BCUT2D eigenvalue weighted by Gasteiger charge is -2.21. The molecule has 148 valence electrons. The molecule has 0 rings (SSSR count). The summed E-state index contributed by atoms with van der Waals surface area (Å²) in [4.78, 5) is 18.8. The van der Waals surface area contributed by atoms with Gasteiger partial charge in [-0.2, -0.15) is 0 Å². The summed E-state index contributed by atoms with van der Waals surface area (Å²) in [6.07, 6.45) is 3.66. The summed E-state index contributed by atoms with van der Waals surface area (Å²) in [5, 5.41) is 9.67. The summed E-state index contributed by atoms with van der Waals surface area (Å²) in [6.45, 7) is 17.4. The molecule has 6 heteroatoms. The highest BCUT2D eigenvalue weighted by molar-refractivity contribution is 5.81. The summed E-state index contributed by atoms with van der Waals surface area (Å²) in [7, 11) is 0. The number of carbonyl (C=O) groups excluding carboxylic acids is 1. The zero-order chi connectivity index (χ0) is 19.1. The Morgan fingerprint density at radius 2 is 1.72 bits per heavy atom. The van der Waals surface area contributed by atoms with Gasteiger partial charge in [0, 0.05) is 25.0 Å². The molecule has 0 aromatic rings. The van der Waals surface area contributed by atoms with E-state index in [1.807, 2.05) is 6.92 Å². The molecule has 2 atom stereocenters. The molecule has 0 aliphatic carbocycles. The van der Waals surface area contributed by atoms with Crippen molar-refractivity contribution in [3.63, 3.8) is 0 Å². The van der Waals surface area contributed by atoms with E-state index in [0.29, 0.717) is 19.0 Å². The van der Waals surface area contributed by atoms with Gasteiger partial charge in [-0.3, -0.25) is 9.79 Å². The smallest absolute Gasteiger partial charge is 0.222 e. The number of aliphatic imine (C=N–C) groups is 1. The molecule has 0 saturated carbocycles. The van der Waals surface area contributed by atoms with Crippen molar-refractivity contribution in [2.24, 2.45) is 4.99 Å². The summed E-state index contributed by atoms with van der Waals surface area (Å²) in [5.41, 5.74) is 0. The van der Waals surface area contributed by atoms with Gasteiger partial charge in [0.25, 0.3) is 0 Å². The molecular formula is C19H41N5O. The van der Waals surface area contributed by atoms with Crippen molar-refractivity contribution in [3.8, 4) is 0 Å². The van der Waals surface area contributed by atoms with Gasteiger partial charge >= 0.3 is 0 Å². The Labute approximate surface area is 155 Å². The van der Waals surface area contributed by atoms with Crippen LogP contribution in [0.4, 0.5) is 0 Å². The molecule has 0 heterocycles. The highest BCUT2D eigenvalue weighted by atomic mass is 16.1. The van der Waals surface area contributed by atoms with Crippen molar-refractivity contribution in [2.45, 2.75) is 79.3 Å². The van der Waals surface area contributed by atoms with E-state index in [0.717, 1.165) is 45.0 Å². The summed E-state index contributed by atoms with van der Waals surface area (Å²) in [5.74, 6) is 0.871. The Balaban J connectivity index is 4.22. The Morgan fingerprint density at radius 3 is 2.28 bits per heavy atom. The average Bonchev–Trinajstić information content (AvgIpc) is 2.58. The SMILES string of the molecule is CCNC(=NCCC(=O)NC(C)CC)NC(C)CCCN(CC)CC. The Morgan fingerprint density at radius 1 is 1.04 bits per heavy atom. The number of hydrogen-bond acceptors (Lipinski definition) is 3. The summed E-state index contributed by atoms with van der Waals surface area (Å²) >= 11 is 0. The lowest BCUT2D eigenvalue weighted by molar-refractivity contribution is -0.121. The molecule has 0 aliphatic heterocycles. The fourth-order valence-electron chi connectivity index (χ4n) is 2.50. The van der Waals surface area contributed by atoms with Crippen LogP contribution in [0.25, 0.3) is 0 Å². The van der Waals surface area contributed by atoms with Crippen molar-refractivity contribution in [1.29, 1.82) is 0 Å². The molecule has 0 fully saturated rings. The molecule has 1 amide bonds. The number of carbonyl (C=O) groups is 1. The van der Waals surface area contributed by atoms with Crippen molar-refractivity contribution >= 4 is 11.9 Å². The molecule has 0 radical (unpaired) electrons. The van der Waals surface area contributed by atoms with Crippen LogP contribution in [0.3, 0.4) is 0 Å². The van der Waals surface area contributed by atoms with E-state index in [1.54, 1.807) is 0 Å². The van der Waals surface area contributed by atoms with E-state index in [4.69, 9.17) is 0 Å². The van der Waals surface area contributed by atoms with Crippen LogP contribution in [0, 0.1) is 0 Å². The number of nitrogens with one attached hydrogen (secondary N) is 3. The van der Waals surface area contributed by atoms with E-state index in [2.05, 4.69) is 60.5 Å². The topological polar surface area (TPSA) is 68.8 Å². The van der Waals surface area contributed by atoms with Crippen LogP contribution in [-0.2, 0) is 4.79 Å². The second-order valence-electron chi connectivity index (χ2n) is 6.60. The second-order valence-corrected chi connectivity index (χ2v) is 6.60. The first-order valence-electron chi connectivity index (χ1n) is 10.0. The van der Waals surface area contributed by atoms with Gasteiger partial charge in [0.1, 0.15) is 0 Å². The molecule has 0 bridgehead atoms. The Hall–Kier alpha value is -1.30. The first-order chi connectivity index (χ1) is 12.0. The predicted molar refractivity (Wildman–Crippen MR) is 108 cm³/mol. The highest BCUT2D eigenvalue weighted by Gasteiger charge is 2.08. The molecule has 25 heavy (non-hydrogen) atoms. The molecule has 0 aromatic carbocycles. The molecule has 6 nitrogen and oxygen atoms in total. The minimum absolute atomic E-state index is 0.0706. The predicted octanol–water partition coefficient (Wildman–Crippen LogP) is 2.36. The lowest BCUT2D eigenvalue weighted by atomic mass is 10.2. The number of nitrogens with zero attached hydrogens (tertiary/aromatic N) is 2. The molecule has 0 aliphatic rings. The zero-order valence-electron chi connectivity index (χ0n) is 17.3. The molecule has 0 saturated heterocycles. The minimum Gasteiger partial charge on any atom is -0.357 e. The fourth-order valence-corrected chi connectivity index (χ4v) is 2.50. The number of amides is 1. The van der Waals surface area contributed by atoms with Crippen LogP contribution < -0.4 is 16.0 Å². The van der Waals surface area contributed by atoms with E-state index in [-0.39, 0.29) is 11.9 Å².